The van der Waals surface area contributed by atoms with Crippen molar-refractivity contribution in [3.05, 3.63) is 0 Å². The van der Waals surface area contributed by atoms with Crippen LogP contribution in [0.5, 0.6) is 0 Å². The maximum Gasteiger partial charge on any atom is 0.272 e. The monoisotopic (exact) mass is 166 g/mol. The zero-order chi connectivity index (χ0) is 8.31. The van der Waals surface area contributed by atoms with Crippen molar-refractivity contribution < 1.29 is 26.3 Å². The Balaban J connectivity index is 3.81. The second-order valence-corrected chi connectivity index (χ2v) is 1.56. The largest absolute Gasteiger partial charge is 0.272 e. The SMILES string of the molecule is FC(F)C(F)C(F)C(F)F. The molecule has 2 unspecified atom stereocenters. The lowest BCUT2D eigenvalue weighted by Gasteiger charge is -2.10. The molecule has 0 saturated carbocycles. The van der Waals surface area contributed by atoms with Gasteiger partial charge in [-0.2, -0.15) is 0 Å². The van der Waals surface area contributed by atoms with E-state index in [0.29, 0.717) is 0 Å². The smallest absolute Gasteiger partial charge is 0.238 e. The predicted octanol–water partition coefficient (Wildman–Crippen LogP) is 2.19. The highest BCUT2D eigenvalue weighted by molar-refractivity contribution is 4.71. The minimum absolute atomic E-state index is 3.39. The third kappa shape index (κ3) is 2.45. The first-order valence-corrected chi connectivity index (χ1v) is 2.31. The van der Waals surface area contributed by atoms with Crippen LogP contribution in [0.1, 0.15) is 0 Å². The topological polar surface area (TPSA) is 0 Å². The van der Waals surface area contributed by atoms with E-state index in [1.165, 1.54) is 0 Å². The maximum atomic E-state index is 11.6. The Labute approximate surface area is 52.8 Å². The lowest BCUT2D eigenvalue weighted by Crippen LogP contribution is -2.30. The van der Waals surface area contributed by atoms with Gasteiger partial charge >= 0.3 is 0 Å². The highest BCUT2D eigenvalue weighted by Gasteiger charge is 2.36. The molecule has 0 aromatic rings. The molecular weight excluding hydrogens is 162 g/mol. The van der Waals surface area contributed by atoms with Crippen LogP contribution in [0.4, 0.5) is 26.3 Å². The van der Waals surface area contributed by atoms with Crippen molar-refractivity contribution in [2.45, 2.75) is 25.2 Å². The van der Waals surface area contributed by atoms with Gasteiger partial charge in [0.2, 0.25) is 0 Å². The first kappa shape index (κ1) is 9.58. The van der Waals surface area contributed by atoms with Gasteiger partial charge in [0.05, 0.1) is 0 Å². The fraction of sp³-hybridized carbons (Fsp3) is 1.00. The summed E-state index contributed by atoms with van der Waals surface area (Å²) in [7, 11) is 0. The van der Waals surface area contributed by atoms with Crippen LogP contribution in [0.2, 0.25) is 0 Å². The summed E-state index contributed by atoms with van der Waals surface area (Å²) in [6.07, 6.45) is -14.2. The van der Waals surface area contributed by atoms with E-state index in [9.17, 15) is 26.3 Å². The molecule has 0 radical (unpaired) electrons. The van der Waals surface area contributed by atoms with Crippen LogP contribution in [-0.4, -0.2) is 25.2 Å². The second-order valence-electron chi connectivity index (χ2n) is 1.56. The van der Waals surface area contributed by atoms with Crippen molar-refractivity contribution in [1.29, 1.82) is 0 Å². The molecule has 10 heavy (non-hydrogen) atoms. The Morgan fingerprint density at radius 2 is 0.700 bits per heavy atom. The lowest BCUT2D eigenvalue weighted by molar-refractivity contribution is -0.0570. The van der Waals surface area contributed by atoms with E-state index in [1.54, 1.807) is 0 Å². The molecule has 0 spiro atoms. The van der Waals surface area contributed by atoms with Crippen molar-refractivity contribution in [2.75, 3.05) is 0 Å². The van der Waals surface area contributed by atoms with E-state index in [2.05, 4.69) is 0 Å². The molecular formula is C4H4F6. The molecule has 0 aromatic carbocycles. The summed E-state index contributed by atoms with van der Waals surface area (Å²) in [6, 6.07) is 0. The number of halogens is 6. The molecule has 62 valence electrons. The van der Waals surface area contributed by atoms with Gasteiger partial charge in [0, 0.05) is 0 Å². The Morgan fingerprint density at radius 3 is 0.800 bits per heavy atom. The summed E-state index contributed by atoms with van der Waals surface area (Å²) in [6.45, 7) is 0. The van der Waals surface area contributed by atoms with Crippen LogP contribution >= 0.6 is 0 Å². The van der Waals surface area contributed by atoms with E-state index in [1.807, 2.05) is 0 Å². The van der Waals surface area contributed by atoms with Crippen molar-refractivity contribution in [1.82, 2.24) is 0 Å². The molecule has 0 fully saturated rings. The summed E-state index contributed by atoms with van der Waals surface area (Å²) < 4.78 is 67.5. The molecule has 0 aromatic heterocycles. The number of hydrogen-bond acceptors (Lipinski definition) is 0. The Kier molecular flexibility index (Phi) is 3.52. The summed E-state index contributed by atoms with van der Waals surface area (Å²) in [5.74, 6) is 0. The molecule has 0 aliphatic rings. The second kappa shape index (κ2) is 3.68. The van der Waals surface area contributed by atoms with Crippen molar-refractivity contribution in [3.8, 4) is 0 Å². The molecule has 0 bridgehead atoms. The first-order valence-electron chi connectivity index (χ1n) is 2.31. The van der Waals surface area contributed by atoms with Gasteiger partial charge in [-0.25, -0.2) is 26.3 Å². The van der Waals surface area contributed by atoms with E-state index >= 15 is 0 Å². The van der Waals surface area contributed by atoms with Gasteiger partial charge in [0.1, 0.15) is 0 Å². The summed E-state index contributed by atoms with van der Waals surface area (Å²) in [5.41, 5.74) is 0. The lowest BCUT2D eigenvalue weighted by atomic mass is 10.2. The standard InChI is InChI=1S/C4H4F6/c5-1(3(7)8)2(6)4(9)10/h1-4H. The van der Waals surface area contributed by atoms with Gasteiger partial charge in [-0.15, -0.1) is 0 Å². The van der Waals surface area contributed by atoms with E-state index in [0.717, 1.165) is 0 Å². The van der Waals surface area contributed by atoms with Gasteiger partial charge in [-0.1, -0.05) is 0 Å². The fourth-order valence-corrected chi connectivity index (χ4v) is 0.278. The first-order chi connectivity index (χ1) is 4.46. The quantitative estimate of drug-likeness (QED) is 0.563. The summed E-state index contributed by atoms with van der Waals surface area (Å²) in [4.78, 5) is 0. The molecule has 2 atom stereocenters. The predicted molar refractivity (Wildman–Crippen MR) is 21.8 cm³/mol. The minimum atomic E-state index is -3.69. The third-order valence-corrected chi connectivity index (χ3v) is 0.786. The Morgan fingerprint density at radius 1 is 0.500 bits per heavy atom. The molecule has 0 saturated heterocycles. The van der Waals surface area contributed by atoms with Crippen LogP contribution in [0.15, 0.2) is 0 Å². The molecule has 0 rings (SSSR count). The van der Waals surface area contributed by atoms with Gasteiger partial charge in [0.15, 0.2) is 12.3 Å². The van der Waals surface area contributed by atoms with Gasteiger partial charge < -0.3 is 0 Å². The van der Waals surface area contributed by atoms with Crippen molar-refractivity contribution >= 4 is 0 Å². The Bertz CT molecular complexity index is 79.7. The third-order valence-electron chi connectivity index (χ3n) is 0.786. The highest BCUT2D eigenvalue weighted by Crippen LogP contribution is 2.18. The normalized spacial score (nSPS) is 18.0. The maximum absolute atomic E-state index is 11.6. The van der Waals surface area contributed by atoms with E-state index in [-0.39, 0.29) is 0 Å². The number of alkyl halides is 6. The average Bonchev–Trinajstić information content (AvgIpc) is 1.84. The van der Waals surface area contributed by atoms with Gasteiger partial charge in [-0.05, 0) is 0 Å². The van der Waals surface area contributed by atoms with Crippen LogP contribution < -0.4 is 0 Å². The molecule has 6 heteroatoms. The van der Waals surface area contributed by atoms with Crippen LogP contribution in [0, 0.1) is 0 Å². The number of hydrogen-bond donors (Lipinski definition) is 0. The fourth-order valence-electron chi connectivity index (χ4n) is 0.278. The van der Waals surface area contributed by atoms with Crippen molar-refractivity contribution in [3.63, 3.8) is 0 Å². The molecule has 0 aliphatic heterocycles. The van der Waals surface area contributed by atoms with E-state index < -0.39 is 25.2 Å². The number of rotatable bonds is 3. The molecule has 0 nitrogen and oxygen atoms in total. The molecule has 0 amide bonds. The van der Waals surface area contributed by atoms with Crippen LogP contribution in [0.3, 0.4) is 0 Å². The van der Waals surface area contributed by atoms with Crippen LogP contribution in [0.25, 0.3) is 0 Å². The van der Waals surface area contributed by atoms with E-state index in [4.69, 9.17) is 0 Å². The molecule has 0 heterocycles. The molecule has 0 aliphatic carbocycles. The Hall–Kier alpha value is -0.420. The van der Waals surface area contributed by atoms with Gasteiger partial charge in [0.25, 0.3) is 12.9 Å². The summed E-state index contributed by atoms with van der Waals surface area (Å²) >= 11 is 0. The van der Waals surface area contributed by atoms with Crippen LogP contribution in [-0.2, 0) is 0 Å². The highest BCUT2D eigenvalue weighted by atomic mass is 19.3. The zero-order valence-corrected chi connectivity index (χ0v) is 4.58. The summed E-state index contributed by atoms with van der Waals surface area (Å²) in [5, 5.41) is 0. The average molecular weight is 166 g/mol. The van der Waals surface area contributed by atoms with Gasteiger partial charge in [-0.3, -0.25) is 0 Å². The van der Waals surface area contributed by atoms with Crippen molar-refractivity contribution in [2.24, 2.45) is 0 Å². The molecule has 0 N–H and O–H groups in total. The zero-order valence-electron chi connectivity index (χ0n) is 4.58. The minimum Gasteiger partial charge on any atom is -0.238 e.